The van der Waals surface area contributed by atoms with E-state index < -0.39 is 0 Å². The third kappa shape index (κ3) is 1.80. The summed E-state index contributed by atoms with van der Waals surface area (Å²) in [6.45, 7) is 2.99. The fraction of sp³-hybridized carbons (Fsp3) is 0.429. The number of imidazole rings is 1. The van der Waals surface area contributed by atoms with Crippen molar-refractivity contribution in [2.45, 2.75) is 19.9 Å². The predicted molar refractivity (Wildman–Crippen MR) is 41.9 cm³/mol. The molecule has 0 amide bonds. The van der Waals surface area contributed by atoms with Crippen molar-refractivity contribution in [2.75, 3.05) is 0 Å². The quantitative estimate of drug-likeness (QED) is 0.401. The molecule has 0 radical (unpaired) electrons. The van der Waals surface area contributed by atoms with Crippen molar-refractivity contribution in [3.8, 4) is 0 Å². The van der Waals surface area contributed by atoms with Crippen LogP contribution in [-0.2, 0) is 6.54 Å². The summed E-state index contributed by atoms with van der Waals surface area (Å²) in [6, 6.07) is 0. The van der Waals surface area contributed by atoms with Crippen LogP contribution < -0.4 is 0 Å². The van der Waals surface area contributed by atoms with Crippen LogP contribution in [0.5, 0.6) is 0 Å². The molecule has 4 heteroatoms. The molecule has 0 saturated carbocycles. The van der Waals surface area contributed by atoms with Gasteiger partial charge in [0.2, 0.25) is 0 Å². The smallest absolute Gasteiger partial charge is 0.0951 e. The number of nitrogens with zero attached hydrogens (tertiary/aromatic N) is 3. The number of oxime groups is 1. The van der Waals surface area contributed by atoms with Gasteiger partial charge in [-0.05, 0) is 6.42 Å². The molecule has 1 heterocycles. The van der Waals surface area contributed by atoms with Crippen molar-refractivity contribution in [3.63, 3.8) is 0 Å². The van der Waals surface area contributed by atoms with Gasteiger partial charge in [0, 0.05) is 6.54 Å². The molecule has 1 N–H and O–H groups in total. The molecule has 0 atom stereocenters. The first-order valence-corrected chi connectivity index (χ1v) is 3.56. The molecule has 11 heavy (non-hydrogen) atoms. The van der Waals surface area contributed by atoms with Gasteiger partial charge in [-0.15, -0.1) is 0 Å². The minimum Gasteiger partial charge on any atom is -0.411 e. The molecule has 0 spiro atoms. The molecule has 0 aliphatic rings. The molecule has 0 saturated heterocycles. The monoisotopic (exact) mass is 153 g/mol. The lowest BCUT2D eigenvalue weighted by atomic mass is 10.4. The van der Waals surface area contributed by atoms with Crippen LogP contribution in [0.3, 0.4) is 0 Å². The molecule has 0 aromatic carbocycles. The molecular formula is C7H11N3O. The Balaban J connectivity index is 2.78. The first-order valence-electron chi connectivity index (χ1n) is 3.56. The predicted octanol–water partition coefficient (Wildman–Crippen LogP) is 1.10. The number of hydrogen-bond donors (Lipinski definition) is 1. The zero-order valence-electron chi connectivity index (χ0n) is 6.44. The van der Waals surface area contributed by atoms with E-state index in [-0.39, 0.29) is 0 Å². The van der Waals surface area contributed by atoms with Gasteiger partial charge in [-0.25, -0.2) is 4.98 Å². The third-order valence-corrected chi connectivity index (χ3v) is 1.40. The first kappa shape index (κ1) is 7.78. The van der Waals surface area contributed by atoms with E-state index in [2.05, 4.69) is 17.1 Å². The van der Waals surface area contributed by atoms with Crippen LogP contribution in [0, 0.1) is 0 Å². The first-order chi connectivity index (χ1) is 5.38. The maximum atomic E-state index is 8.26. The minimum atomic E-state index is 0.828. The molecule has 0 bridgehead atoms. The minimum absolute atomic E-state index is 0.828. The van der Waals surface area contributed by atoms with Crippen LogP contribution in [0.2, 0.25) is 0 Å². The molecule has 1 aromatic heterocycles. The third-order valence-electron chi connectivity index (χ3n) is 1.40. The fourth-order valence-corrected chi connectivity index (χ4v) is 0.925. The van der Waals surface area contributed by atoms with E-state index in [1.807, 2.05) is 4.57 Å². The summed E-state index contributed by atoms with van der Waals surface area (Å²) in [5.74, 6) is 0. The molecule has 0 fully saturated rings. The van der Waals surface area contributed by atoms with Gasteiger partial charge >= 0.3 is 0 Å². The summed E-state index contributed by atoms with van der Waals surface area (Å²) in [5, 5.41) is 11.2. The van der Waals surface area contributed by atoms with Gasteiger partial charge in [-0.3, -0.25) is 0 Å². The second kappa shape index (κ2) is 3.75. The Kier molecular flexibility index (Phi) is 2.66. The van der Waals surface area contributed by atoms with Gasteiger partial charge in [-0.2, -0.15) is 0 Å². The molecule has 0 aliphatic carbocycles. The normalized spacial score (nSPS) is 11.0. The maximum Gasteiger partial charge on any atom is 0.0951 e. The van der Waals surface area contributed by atoms with E-state index in [1.54, 1.807) is 12.5 Å². The number of hydrogen-bond acceptors (Lipinski definition) is 3. The van der Waals surface area contributed by atoms with Gasteiger partial charge < -0.3 is 9.77 Å². The zero-order valence-corrected chi connectivity index (χ0v) is 6.44. The summed E-state index contributed by atoms with van der Waals surface area (Å²) in [7, 11) is 0. The van der Waals surface area contributed by atoms with Gasteiger partial charge in [0.1, 0.15) is 0 Å². The lowest BCUT2D eigenvalue weighted by Gasteiger charge is -1.99. The van der Waals surface area contributed by atoms with Crippen molar-refractivity contribution in [1.82, 2.24) is 9.55 Å². The second-order valence-electron chi connectivity index (χ2n) is 2.26. The second-order valence-corrected chi connectivity index (χ2v) is 2.26. The van der Waals surface area contributed by atoms with Crippen LogP contribution in [0.1, 0.15) is 19.0 Å². The Hall–Kier alpha value is -1.32. The van der Waals surface area contributed by atoms with Gasteiger partial charge in [0.15, 0.2) is 0 Å². The van der Waals surface area contributed by atoms with E-state index in [0.29, 0.717) is 0 Å². The van der Waals surface area contributed by atoms with E-state index in [0.717, 1.165) is 18.7 Å². The SMILES string of the molecule is CCCn1cncc1C=NO. The molecular weight excluding hydrogens is 142 g/mol. The molecule has 1 rings (SSSR count). The largest absolute Gasteiger partial charge is 0.411 e. The zero-order chi connectivity index (χ0) is 8.10. The fourth-order valence-electron chi connectivity index (χ4n) is 0.925. The van der Waals surface area contributed by atoms with Crippen LogP contribution >= 0.6 is 0 Å². The van der Waals surface area contributed by atoms with E-state index in [4.69, 9.17) is 5.21 Å². The van der Waals surface area contributed by atoms with Crippen LogP contribution in [0.15, 0.2) is 17.7 Å². The molecule has 0 aliphatic heterocycles. The standard InChI is InChI=1S/C7H11N3O/c1-2-3-10-6-8-4-7(10)5-9-11/h4-6,11H,2-3H2,1H3. The molecule has 0 unspecified atom stereocenters. The highest BCUT2D eigenvalue weighted by Gasteiger charge is 1.95. The van der Waals surface area contributed by atoms with Crippen LogP contribution in [0.4, 0.5) is 0 Å². The van der Waals surface area contributed by atoms with Crippen LogP contribution in [0.25, 0.3) is 0 Å². The van der Waals surface area contributed by atoms with E-state index in [1.165, 1.54) is 6.21 Å². The average Bonchev–Trinajstić information content (AvgIpc) is 2.39. The van der Waals surface area contributed by atoms with Crippen molar-refractivity contribution in [3.05, 3.63) is 18.2 Å². The maximum absolute atomic E-state index is 8.26. The summed E-state index contributed by atoms with van der Waals surface area (Å²) in [6.07, 6.45) is 5.81. The van der Waals surface area contributed by atoms with Gasteiger partial charge in [0.25, 0.3) is 0 Å². The Bertz CT molecular complexity index is 242. The van der Waals surface area contributed by atoms with Crippen molar-refractivity contribution < 1.29 is 5.21 Å². The Morgan fingerprint density at radius 3 is 3.27 bits per heavy atom. The number of aromatic nitrogens is 2. The molecule has 60 valence electrons. The summed E-state index contributed by atoms with van der Waals surface area (Å²) in [5.41, 5.74) is 0.828. The Labute approximate surface area is 65.2 Å². The van der Waals surface area contributed by atoms with Crippen LogP contribution in [-0.4, -0.2) is 21.0 Å². The number of rotatable bonds is 3. The summed E-state index contributed by atoms with van der Waals surface area (Å²) < 4.78 is 1.93. The van der Waals surface area contributed by atoms with E-state index in [9.17, 15) is 0 Å². The van der Waals surface area contributed by atoms with Crippen molar-refractivity contribution >= 4 is 6.21 Å². The van der Waals surface area contributed by atoms with Gasteiger partial charge in [0.05, 0.1) is 24.4 Å². The average molecular weight is 153 g/mol. The number of aryl methyl sites for hydroxylation is 1. The Morgan fingerprint density at radius 2 is 2.64 bits per heavy atom. The molecule has 4 nitrogen and oxygen atoms in total. The highest BCUT2D eigenvalue weighted by molar-refractivity contribution is 5.76. The summed E-state index contributed by atoms with van der Waals surface area (Å²) >= 11 is 0. The lowest BCUT2D eigenvalue weighted by Crippen LogP contribution is -1.99. The lowest BCUT2D eigenvalue weighted by molar-refractivity contribution is 0.321. The topological polar surface area (TPSA) is 50.4 Å². The Morgan fingerprint density at radius 1 is 1.82 bits per heavy atom. The highest BCUT2D eigenvalue weighted by Crippen LogP contribution is 1.96. The van der Waals surface area contributed by atoms with Crippen molar-refractivity contribution in [2.24, 2.45) is 5.16 Å². The van der Waals surface area contributed by atoms with E-state index >= 15 is 0 Å². The summed E-state index contributed by atoms with van der Waals surface area (Å²) in [4.78, 5) is 3.92. The highest BCUT2D eigenvalue weighted by atomic mass is 16.4. The van der Waals surface area contributed by atoms with Crippen molar-refractivity contribution in [1.29, 1.82) is 0 Å². The molecule has 1 aromatic rings. The van der Waals surface area contributed by atoms with Gasteiger partial charge in [-0.1, -0.05) is 12.1 Å².